The molecule has 2 unspecified atom stereocenters. The predicted molar refractivity (Wildman–Crippen MR) is 68.5 cm³/mol. The van der Waals surface area contributed by atoms with Crippen molar-refractivity contribution in [2.24, 2.45) is 11.7 Å². The maximum atomic E-state index is 5.91. The molecule has 0 bridgehead atoms. The zero-order valence-electron chi connectivity index (χ0n) is 9.67. The van der Waals surface area contributed by atoms with Crippen molar-refractivity contribution in [2.45, 2.75) is 25.9 Å². The van der Waals surface area contributed by atoms with Gasteiger partial charge >= 0.3 is 0 Å². The van der Waals surface area contributed by atoms with Crippen LogP contribution in [0.5, 0.6) is 0 Å². The second kappa shape index (κ2) is 6.18. The minimum absolute atomic E-state index is 0. The van der Waals surface area contributed by atoms with Gasteiger partial charge in [-0.15, -0.1) is 12.4 Å². The summed E-state index contributed by atoms with van der Waals surface area (Å²) < 4.78 is 0. The highest BCUT2D eigenvalue weighted by molar-refractivity contribution is 5.85. The summed E-state index contributed by atoms with van der Waals surface area (Å²) in [6.45, 7) is 5.34. The van der Waals surface area contributed by atoms with Crippen molar-refractivity contribution in [3.8, 4) is 0 Å². The molecule has 16 heavy (non-hydrogen) atoms. The number of hydrogen-bond donors (Lipinski definition) is 1. The molecule has 2 rings (SSSR count). The lowest BCUT2D eigenvalue weighted by Gasteiger charge is -2.17. The molecule has 0 spiro atoms. The Morgan fingerprint density at radius 3 is 2.94 bits per heavy atom. The SMILES string of the molecule is CC(N)C1CCN(Cc2ccccn2)C1.Cl. The number of pyridine rings is 1. The van der Waals surface area contributed by atoms with Gasteiger partial charge in [0, 0.05) is 25.3 Å². The molecule has 2 heterocycles. The number of aromatic nitrogens is 1. The Morgan fingerprint density at radius 1 is 1.56 bits per heavy atom. The molecule has 90 valence electrons. The highest BCUT2D eigenvalue weighted by Gasteiger charge is 2.24. The summed E-state index contributed by atoms with van der Waals surface area (Å²) in [6.07, 6.45) is 3.08. The Morgan fingerprint density at radius 2 is 2.38 bits per heavy atom. The first-order valence-electron chi connectivity index (χ1n) is 5.63. The summed E-state index contributed by atoms with van der Waals surface area (Å²) in [5, 5.41) is 0. The highest BCUT2D eigenvalue weighted by Crippen LogP contribution is 2.19. The summed E-state index contributed by atoms with van der Waals surface area (Å²) in [5.41, 5.74) is 7.07. The molecule has 3 nitrogen and oxygen atoms in total. The Balaban J connectivity index is 0.00000128. The Kier molecular flexibility index (Phi) is 5.19. The van der Waals surface area contributed by atoms with Gasteiger partial charge in [-0.2, -0.15) is 0 Å². The van der Waals surface area contributed by atoms with Crippen molar-refractivity contribution >= 4 is 12.4 Å². The van der Waals surface area contributed by atoms with E-state index in [1.165, 1.54) is 6.42 Å². The number of nitrogens with two attached hydrogens (primary N) is 1. The molecule has 0 aliphatic carbocycles. The van der Waals surface area contributed by atoms with Gasteiger partial charge in [-0.25, -0.2) is 0 Å². The van der Waals surface area contributed by atoms with Gasteiger partial charge in [-0.3, -0.25) is 9.88 Å². The number of rotatable bonds is 3. The van der Waals surface area contributed by atoms with Crippen LogP contribution in [-0.4, -0.2) is 29.0 Å². The third kappa shape index (κ3) is 3.44. The maximum absolute atomic E-state index is 5.91. The standard InChI is InChI=1S/C12H19N3.ClH/c1-10(13)11-5-7-15(8-11)9-12-4-2-3-6-14-12;/h2-4,6,10-11H,5,7-9,13H2,1H3;1H. The molecule has 1 saturated heterocycles. The van der Waals surface area contributed by atoms with Crippen LogP contribution < -0.4 is 5.73 Å². The molecular formula is C12H20ClN3. The van der Waals surface area contributed by atoms with Crippen molar-refractivity contribution < 1.29 is 0 Å². The van der Waals surface area contributed by atoms with Crippen LogP contribution in [0.3, 0.4) is 0 Å². The summed E-state index contributed by atoms with van der Waals surface area (Å²) in [7, 11) is 0. The average molecular weight is 242 g/mol. The summed E-state index contributed by atoms with van der Waals surface area (Å²) >= 11 is 0. The Hall–Kier alpha value is -0.640. The molecule has 0 aromatic carbocycles. The first-order valence-corrected chi connectivity index (χ1v) is 5.63. The normalized spacial score (nSPS) is 22.8. The van der Waals surface area contributed by atoms with Gasteiger partial charge in [0.2, 0.25) is 0 Å². The Bertz CT molecular complexity index is 302. The largest absolute Gasteiger partial charge is 0.328 e. The van der Waals surface area contributed by atoms with Crippen LogP contribution in [-0.2, 0) is 6.54 Å². The third-order valence-corrected chi connectivity index (χ3v) is 3.16. The van der Waals surface area contributed by atoms with Crippen LogP contribution in [0.4, 0.5) is 0 Å². The van der Waals surface area contributed by atoms with Gasteiger partial charge in [-0.05, 0) is 37.9 Å². The minimum Gasteiger partial charge on any atom is -0.328 e. The second-order valence-corrected chi connectivity index (χ2v) is 4.46. The fourth-order valence-corrected chi connectivity index (χ4v) is 2.16. The van der Waals surface area contributed by atoms with Gasteiger partial charge in [0.25, 0.3) is 0 Å². The van der Waals surface area contributed by atoms with Gasteiger partial charge in [-0.1, -0.05) is 6.07 Å². The van der Waals surface area contributed by atoms with E-state index in [4.69, 9.17) is 5.73 Å². The lowest BCUT2D eigenvalue weighted by atomic mass is 10.0. The van der Waals surface area contributed by atoms with E-state index in [1.54, 1.807) is 0 Å². The molecule has 1 aliphatic heterocycles. The van der Waals surface area contributed by atoms with Gasteiger partial charge in [0.1, 0.15) is 0 Å². The van der Waals surface area contributed by atoms with Crippen LogP contribution in [0, 0.1) is 5.92 Å². The van der Waals surface area contributed by atoms with E-state index in [0.29, 0.717) is 12.0 Å². The molecule has 1 aliphatic rings. The van der Waals surface area contributed by atoms with Crippen molar-refractivity contribution in [1.29, 1.82) is 0 Å². The summed E-state index contributed by atoms with van der Waals surface area (Å²) in [4.78, 5) is 6.78. The first kappa shape index (κ1) is 13.4. The van der Waals surface area contributed by atoms with E-state index in [1.807, 2.05) is 18.3 Å². The molecular weight excluding hydrogens is 222 g/mol. The molecule has 0 saturated carbocycles. The monoisotopic (exact) mass is 241 g/mol. The zero-order valence-corrected chi connectivity index (χ0v) is 10.5. The van der Waals surface area contributed by atoms with Gasteiger partial charge in [0.05, 0.1) is 5.69 Å². The number of hydrogen-bond acceptors (Lipinski definition) is 3. The minimum atomic E-state index is 0. The summed E-state index contributed by atoms with van der Waals surface area (Å²) in [5.74, 6) is 0.661. The van der Waals surface area contributed by atoms with E-state index in [2.05, 4.69) is 22.9 Å². The van der Waals surface area contributed by atoms with Gasteiger partial charge in [0.15, 0.2) is 0 Å². The zero-order chi connectivity index (χ0) is 10.7. The van der Waals surface area contributed by atoms with Crippen LogP contribution in [0.1, 0.15) is 19.0 Å². The van der Waals surface area contributed by atoms with E-state index in [0.717, 1.165) is 25.3 Å². The molecule has 1 aromatic heterocycles. The van der Waals surface area contributed by atoms with E-state index < -0.39 is 0 Å². The van der Waals surface area contributed by atoms with Crippen molar-refractivity contribution in [2.75, 3.05) is 13.1 Å². The molecule has 0 amide bonds. The lowest BCUT2D eigenvalue weighted by Crippen LogP contribution is -2.29. The lowest BCUT2D eigenvalue weighted by molar-refractivity contribution is 0.305. The molecule has 1 fully saturated rings. The van der Waals surface area contributed by atoms with E-state index >= 15 is 0 Å². The predicted octanol–water partition coefficient (Wildman–Crippen LogP) is 1.67. The summed E-state index contributed by atoms with van der Waals surface area (Å²) in [6, 6.07) is 6.40. The molecule has 2 N–H and O–H groups in total. The van der Waals surface area contributed by atoms with Crippen molar-refractivity contribution in [3.05, 3.63) is 30.1 Å². The first-order chi connectivity index (χ1) is 7.25. The third-order valence-electron chi connectivity index (χ3n) is 3.16. The molecule has 4 heteroatoms. The van der Waals surface area contributed by atoms with Gasteiger partial charge < -0.3 is 5.73 Å². The molecule has 2 atom stereocenters. The number of likely N-dealkylation sites (tertiary alicyclic amines) is 1. The number of halogens is 1. The Labute approximate surface area is 103 Å². The average Bonchev–Trinajstić information content (AvgIpc) is 2.68. The topological polar surface area (TPSA) is 42.1 Å². The quantitative estimate of drug-likeness (QED) is 0.876. The van der Waals surface area contributed by atoms with Crippen LogP contribution in [0.2, 0.25) is 0 Å². The van der Waals surface area contributed by atoms with Crippen molar-refractivity contribution in [3.63, 3.8) is 0 Å². The van der Waals surface area contributed by atoms with Crippen LogP contribution in [0.15, 0.2) is 24.4 Å². The van der Waals surface area contributed by atoms with Crippen LogP contribution >= 0.6 is 12.4 Å². The van der Waals surface area contributed by atoms with E-state index in [9.17, 15) is 0 Å². The molecule has 1 aromatic rings. The fraction of sp³-hybridized carbons (Fsp3) is 0.583. The number of nitrogens with zero attached hydrogens (tertiary/aromatic N) is 2. The van der Waals surface area contributed by atoms with Crippen molar-refractivity contribution in [1.82, 2.24) is 9.88 Å². The van der Waals surface area contributed by atoms with E-state index in [-0.39, 0.29) is 12.4 Å². The maximum Gasteiger partial charge on any atom is 0.0543 e. The smallest absolute Gasteiger partial charge is 0.0543 e. The molecule has 0 radical (unpaired) electrons. The highest BCUT2D eigenvalue weighted by atomic mass is 35.5. The second-order valence-electron chi connectivity index (χ2n) is 4.46. The fourth-order valence-electron chi connectivity index (χ4n) is 2.16. The van der Waals surface area contributed by atoms with Crippen LogP contribution in [0.25, 0.3) is 0 Å².